The molecule has 1 aliphatic heterocycles. The van der Waals surface area contributed by atoms with Crippen LogP contribution in [0.4, 0.5) is 0 Å². The molecule has 0 bridgehead atoms. The van der Waals surface area contributed by atoms with Crippen molar-refractivity contribution >= 4 is 12.4 Å². The fourth-order valence-electron chi connectivity index (χ4n) is 1.55. The molecule has 68 valence electrons. The molecule has 0 spiro atoms. The van der Waals surface area contributed by atoms with Gasteiger partial charge < -0.3 is 9.88 Å². The molecule has 1 N–H and O–H groups in total. The molecule has 4 heteroatoms. The lowest BCUT2D eigenvalue weighted by Crippen LogP contribution is -2.08. The highest BCUT2D eigenvalue weighted by Crippen LogP contribution is 2.19. The number of halogens is 1. The fraction of sp³-hybridized carbons (Fsp3) is 0.625. The minimum Gasteiger partial charge on any atom is -0.340 e. The molecular weight excluding hydrogens is 174 g/mol. The monoisotopic (exact) mass is 187 g/mol. The summed E-state index contributed by atoms with van der Waals surface area (Å²) in [5.74, 6) is 0.649. The number of aromatic nitrogens is 2. The summed E-state index contributed by atoms with van der Waals surface area (Å²) in [5, 5.41) is 3.33. The van der Waals surface area contributed by atoms with E-state index in [4.69, 9.17) is 0 Å². The maximum atomic E-state index is 4.32. The summed E-state index contributed by atoms with van der Waals surface area (Å²) in [6.45, 7) is 2.23. The van der Waals surface area contributed by atoms with Crippen LogP contribution in [0.25, 0.3) is 0 Å². The van der Waals surface area contributed by atoms with E-state index in [0.717, 1.165) is 13.1 Å². The van der Waals surface area contributed by atoms with Gasteiger partial charge in [0.25, 0.3) is 0 Å². The highest BCUT2D eigenvalue weighted by molar-refractivity contribution is 5.85. The summed E-state index contributed by atoms with van der Waals surface area (Å²) in [6.07, 6.45) is 5.21. The summed E-state index contributed by atoms with van der Waals surface area (Å²) in [7, 11) is 2.01. The molecule has 0 aromatic carbocycles. The third kappa shape index (κ3) is 1.79. The first-order valence-electron chi connectivity index (χ1n) is 4.05. The Morgan fingerprint density at radius 1 is 1.67 bits per heavy atom. The van der Waals surface area contributed by atoms with E-state index in [0.29, 0.717) is 5.92 Å². The molecule has 0 aliphatic carbocycles. The van der Waals surface area contributed by atoms with Gasteiger partial charge in [-0.1, -0.05) is 0 Å². The summed E-state index contributed by atoms with van der Waals surface area (Å²) >= 11 is 0. The average Bonchev–Trinajstić information content (AvgIpc) is 2.55. The summed E-state index contributed by atoms with van der Waals surface area (Å²) in [6, 6.07) is 0. The number of rotatable bonds is 1. The maximum Gasteiger partial charge on any atom is 0.0946 e. The topological polar surface area (TPSA) is 29.9 Å². The number of aryl methyl sites for hydroxylation is 1. The van der Waals surface area contributed by atoms with Crippen LogP contribution in [0.3, 0.4) is 0 Å². The average molecular weight is 188 g/mol. The smallest absolute Gasteiger partial charge is 0.0946 e. The van der Waals surface area contributed by atoms with E-state index in [-0.39, 0.29) is 12.4 Å². The van der Waals surface area contributed by atoms with E-state index in [1.54, 1.807) is 0 Å². The van der Waals surface area contributed by atoms with Gasteiger partial charge in [-0.15, -0.1) is 12.4 Å². The molecule has 2 rings (SSSR count). The van der Waals surface area contributed by atoms with E-state index >= 15 is 0 Å². The normalized spacial score (nSPS) is 22.2. The van der Waals surface area contributed by atoms with Crippen LogP contribution in [0.2, 0.25) is 0 Å². The first-order chi connectivity index (χ1) is 5.36. The van der Waals surface area contributed by atoms with Gasteiger partial charge in [0.2, 0.25) is 0 Å². The van der Waals surface area contributed by atoms with Crippen molar-refractivity contribution in [3.63, 3.8) is 0 Å². The van der Waals surface area contributed by atoms with Crippen LogP contribution in [0.15, 0.2) is 12.5 Å². The van der Waals surface area contributed by atoms with Crippen LogP contribution in [0.5, 0.6) is 0 Å². The van der Waals surface area contributed by atoms with Crippen LogP contribution >= 0.6 is 12.4 Å². The molecule has 12 heavy (non-hydrogen) atoms. The van der Waals surface area contributed by atoms with Gasteiger partial charge in [0.1, 0.15) is 0 Å². The third-order valence-electron chi connectivity index (χ3n) is 2.20. The number of hydrogen-bond acceptors (Lipinski definition) is 2. The molecule has 1 atom stereocenters. The molecule has 1 saturated heterocycles. The molecular formula is C8H14ClN3. The number of hydrogen-bond donors (Lipinski definition) is 1. The zero-order valence-electron chi connectivity index (χ0n) is 7.16. The third-order valence-corrected chi connectivity index (χ3v) is 2.20. The maximum absolute atomic E-state index is 4.32. The molecule has 1 fully saturated rings. The molecule has 2 heterocycles. The van der Waals surface area contributed by atoms with Crippen molar-refractivity contribution in [2.24, 2.45) is 7.05 Å². The van der Waals surface area contributed by atoms with Crippen LogP contribution in [0.1, 0.15) is 18.0 Å². The standard InChI is InChI=1S/C8H13N3.ClH/c1-11-5-8(10-6-11)7-2-3-9-4-7;/h5-7,9H,2-4H2,1H3;1H. The van der Waals surface area contributed by atoms with E-state index in [1.807, 2.05) is 17.9 Å². The van der Waals surface area contributed by atoms with Gasteiger partial charge in [-0.2, -0.15) is 0 Å². The molecule has 1 unspecified atom stereocenters. The first-order valence-corrected chi connectivity index (χ1v) is 4.05. The molecule has 0 amide bonds. The Balaban J connectivity index is 0.000000720. The van der Waals surface area contributed by atoms with Crippen LogP contribution in [-0.4, -0.2) is 22.6 Å². The van der Waals surface area contributed by atoms with Crippen molar-refractivity contribution in [3.05, 3.63) is 18.2 Å². The quantitative estimate of drug-likeness (QED) is 0.709. The molecule has 1 aromatic rings. The Hall–Kier alpha value is -0.540. The number of nitrogens with zero attached hydrogens (tertiary/aromatic N) is 2. The Morgan fingerprint density at radius 2 is 2.50 bits per heavy atom. The van der Waals surface area contributed by atoms with Gasteiger partial charge in [-0.25, -0.2) is 4.98 Å². The molecule has 0 radical (unpaired) electrons. The summed E-state index contributed by atoms with van der Waals surface area (Å²) < 4.78 is 2.01. The second-order valence-corrected chi connectivity index (χ2v) is 3.15. The largest absolute Gasteiger partial charge is 0.340 e. The lowest BCUT2D eigenvalue weighted by molar-refractivity contribution is 0.739. The number of imidazole rings is 1. The predicted molar refractivity (Wildman–Crippen MR) is 50.7 cm³/mol. The second kappa shape index (κ2) is 3.92. The van der Waals surface area contributed by atoms with Gasteiger partial charge >= 0.3 is 0 Å². The van der Waals surface area contributed by atoms with Crippen LogP contribution < -0.4 is 5.32 Å². The van der Waals surface area contributed by atoms with Crippen molar-refractivity contribution in [2.75, 3.05) is 13.1 Å². The van der Waals surface area contributed by atoms with E-state index in [9.17, 15) is 0 Å². The summed E-state index contributed by atoms with van der Waals surface area (Å²) in [4.78, 5) is 4.32. The first kappa shape index (κ1) is 9.55. The molecule has 1 aliphatic rings. The predicted octanol–water partition coefficient (Wildman–Crippen LogP) is 0.919. The van der Waals surface area contributed by atoms with Gasteiger partial charge in [-0.05, 0) is 13.0 Å². The van der Waals surface area contributed by atoms with Crippen LogP contribution in [-0.2, 0) is 7.05 Å². The van der Waals surface area contributed by atoms with Gasteiger partial charge in [0, 0.05) is 25.7 Å². The Bertz CT molecular complexity index is 240. The Kier molecular flexibility index (Phi) is 3.12. The zero-order chi connectivity index (χ0) is 7.68. The van der Waals surface area contributed by atoms with Crippen molar-refractivity contribution in [1.82, 2.24) is 14.9 Å². The SMILES string of the molecule is Cl.Cn1cnc(C2CCNC2)c1. The lowest BCUT2D eigenvalue weighted by atomic mass is 10.1. The van der Waals surface area contributed by atoms with Gasteiger partial charge in [0.15, 0.2) is 0 Å². The minimum atomic E-state index is 0. The van der Waals surface area contributed by atoms with Crippen molar-refractivity contribution in [3.8, 4) is 0 Å². The van der Waals surface area contributed by atoms with E-state index < -0.39 is 0 Å². The Labute approximate surface area is 78.6 Å². The van der Waals surface area contributed by atoms with Crippen LogP contribution in [0, 0.1) is 0 Å². The zero-order valence-corrected chi connectivity index (χ0v) is 7.97. The van der Waals surface area contributed by atoms with E-state index in [1.165, 1.54) is 12.1 Å². The minimum absolute atomic E-state index is 0. The molecule has 3 nitrogen and oxygen atoms in total. The fourth-order valence-corrected chi connectivity index (χ4v) is 1.55. The molecule has 1 aromatic heterocycles. The molecule has 0 saturated carbocycles. The summed E-state index contributed by atoms with van der Waals surface area (Å²) in [5.41, 5.74) is 1.23. The van der Waals surface area contributed by atoms with E-state index in [2.05, 4.69) is 16.5 Å². The van der Waals surface area contributed by atoms with Crippen molar-refractivity contribution in [1.29, 1.82) is 0 Å². The highest BCUT2D eigenvalue weighted by Gasteiger charge is 2.17. The Morgan fingerprint density at radius 3 is 3.00 bits per heavy atom. The lowest BCUT2D eigenvalue weighted by Gasteiger charge is -2.01. The van der Waals surface area contributed by atoms with Crippen molar-refractivity contribution < 1.29 is 0 Å². The van der Waals surface area contributed by atoms with Crippen molar-refractivity contribution in [2.45, 2.75) is 12.3 Å². The van der Waals surface area contributed by atoms with Gasteiger partial charge in [-0.3, -0.25) is 0 Å². The van der Waals surface area contributed by atoms with Gasteiger partial charge in [0.05, 0.1) is 12.0 Å². The highest BCUT2D eigenvalue weighted by atomic mass is 35.5. The second-order valence-electron chi connectivity index (χ2n) is 3.15. The number of nitrogens with one attached hydrogen (secondary N) is 1.